The molecule has 1 aliphatic heterocycles. The number of nitrogen functional groups attached to an aromatic ring is 1. The number of rotatable bonds is 2. The Morgan fingerprint density at radius 2 is 2.26 bits per heavy atom. The van der Waals surface area contributed by atoms with Gasteiger partial charge in [-0.1, -0.05) is 0 Å². The van der Waals surface area contributed by atoms with Gasteiger partial charge < -0.3 is 20.3 Å². The second-order valence-corrected chi connectivity index (χ2v) is 4.90. The van der Waals surface area contributed by atoms with Crippen molar-refractivity contribution in [2.75, 3.05) is 44.4 Å². The van der Waals surface area contributed by atoms with Crippen molar-refractivity contribution in [3.63, 3.8) is 0 Å². The van der Waals surface area contributed by atoms with Crippen molar-refractivity contribution >= 4 is 17.5 Å². The highest BCUT2D eigenvalue weighted by Gasteiger charge is 2.23. The first-order chi connectivity index (χ1) is 9.02. The highest BCUT2D eigenvalue weighted by molar-refractivity contribution is 5.95. The molecule has 1 atom stereocenters. The zero-order chi connectivity index (χ0) is 14.0. The number of aromatic nitrogens is 1. The van der Waals surface area contributed by atoms with E-state index in [1.165, 1.54) is 13.3 Å². The van der Waals surface area contributed by atoms with Crippen LogP contribution in [0, 0.1) is 0 Å². The van der Waals surface area contributed by atoms with E-state index in [9.17, 15) is 4.79 Å². The molecule has 2 N–H and O–H groups in total. The van der Waals surface area contributed by atoms with Crippen LogP contribution in [0.4, 0.5) is 11.5 Å². The van der Waals surface area contributed by atoms with E-state index in [1.54, 1.807) is 6.07 Å². The average molecular weight is 264 g/mol. The molecule has 1 fully saturated rings. The van der Waals surface area contributed by atoms with E-state index in [1.807, 2.05) is 0 Å². The molecule has 0 aromatic carbocycles. The molecule has 1 aromatic heterocycles. The van der Waals surface area contributed by atoms with Crippen molar-refractivity contribution in [2.24, 2.45) is 0 Å². The number of hydrogen-bond acceptors (Lipinski definition) is 6. The number of esters is 1. The highest BCUT2D eigenvalue weighted by atomic mass is 16.5. The Hall–Kier alpha value is -1.82. The summed E-state index contributed by atoms with van der Waals surface area (Å²) in [7, 11) is 3.46. The first-order valence-corrected chi connectivity index (χ1v) is 6.32. The molecule has 1 aliphatic rings. The number of carbonyl (C=O) groups excluding carboxylic acids is 1. The first-order valence-electron chi connectivity index (χ1n) is 6.32. The summed E-state index contributed by atoms with van der Waals surface area (Å²) in [5.74, 6) is 0.345. The molecule has 1 unspecified atom stereocenters. The molecule has 0 aliphatic carbocycles. The Kier molecular flexibility index (Phi) is 3.90. The summed E-state index contributed by atoms with van der Waals surface area (Å²) in [6.07, 6.45) is 1.52. The van der Waals surface area contributed by atoms with Gasteiger partial charge in [-0.15, -0.1) is 0 Å². The van der Waals surface area contributed by atoms with Gasteiger partial charge in [0.2, 0.25) is 0 Å². The van der Waals surface area contributed by atoms with Crippen molar-refractivity contribution < 1.29 is 9.53 Å². The standard InChI is InChI=1S/C13H20N4O2/c1-9-8-17(5-4-16(9)2)12-6-10(13(18)19-3)11(14)7-15-12/h6-7,9H,4-5,8,14H2,1-3H3. The van der Waals surface area contributed by atoms with Crippen molar-refractivity contribution in [1.29, 1.82) is 0 Å². The molecule has 6 nitrogen and oxygen atoms in total. The molecule has 1 aromatic rings. The third-order valence-electron chi connectivity index (χ3n) is 3.61. The van der Waals surface area contributed by atoms with Gasteiger partial charge in [-0.3, -0.25) is 0 Å². The maximum Gasteiger partial charge on any atom is 0.340 e. The summed E-state index contributed by atoms with van der Waals surface area (Å²) >= 11 is 0. The molecular weight excluding hydrogens is 244 g/mol. The number of anilines is 2. The van der Waals surface area contributed by atoms with Gasteiger partial charge in [0.05, 0.1) is 24.6 Å². The van der Waals surface area contributed by atoms with E-state index in [4.69, 9.17) is 10.5 Å². The Morgan fingerprint density at radius 3 is 2.89 bits per heavy atom. The molecule has 0 bridgehead atoms. The van der Waals surface area contributed by atoms with Crippen molar-refractivity contribution in [3.8, 4) is 0 Å². The van der Waals surface area contributed by atoms with Crippen LogP contribution in [0.3, 0.4) is 0 Å². The summed E-state index contributed by atoms with van der Waals surface area (Å²) in [6.45, 7) is 4.91. The highest BCUT2D eigenvalue weighted by Crippen LogP contribution is 2.21. The van der Waals surface area contributed by atoms with Crippen LogP contribution in [0.25, 0.3) is 0 Å². The van der Waals surface area contributed by atoms with Crippen LogP contribution in [-0.4, -0.2) is 55.7 Å². The van der Waals surface area contributed by atoms with Gasteiger partial charge in [0.1, 0.15) is 5.82 Å². The fourth-order valence-electron chi connectivity index (χ4n) is 2.17. The molecule has 2 rings (SSSR count). The van der Waals surface area contributed by atoms with Crippen LogP contribution in [0.1, 0.15) is 17.3 Å². The Labute approximate surface area is 113 Å². The van der Waals surface area contributed by atoms with E-state index in [-0.39, 0.29) is 0 Å². The van der Waals surface area contributed by atoms with Gasteiger partial charge in [-0.05, 0) is 20.0 Å². The largest absolute Gasteiger partial charge is 0.465 e. The third-order valence-corrected chi connectivity index (χ3v) is 3.61. The fraction of sp³-hybridized carbons (Fsp3) is 0.538. The average Bonchev–Trinajstić information content (AvgIpc) is 2.41. The summed E-state index contributed by atoms with van der Waals surface area (Å²) in [5, 5.41) is 0. The Morgan fingerprint density at radius 1 is 1.53 bits per heavy atom. The van der Waals surface area contributed by atoms with Crippen molar-refractivity contribution in [3.05, 3.63) is 17.8 Å². The molecule has 0 amide bonds. The molecule has 0 saturated carbocycles. The van der Waals surface area contributed by atoms with Crippen LogP contribution in [0.15, 0.2) is 12.3 Å². The van der Waals surface area contributed by atoms with E-state index in [2.05, 4.69) is 28.8 Å². The predicted octanol–water partition coefficient (Wildman–Crippen LogP) is 0.591. The third kappa shape index (κ3) is 2.78. The molecule has 6 heteroatoms. The number of likely N-dealkylation sites (N-methyl/N-ethyl adjacent to an activating group) is 1. The van der Waals surface area contributed by atoms with Crippen LogP contribution in [0.5, 0.6) is 0 Å². The van der Waals surface area contributed by atoms with Crippen molar-refractivity contribution in [2.45, 2.75) is 13.0 Å². The first kappa shape index (κ1) is 13.6. The summed E-state index contributed by atoms with van der Waals surface area (Å²) in [4.78, 5) is 20.4. The lowest BCUT2D eigenvalue weighted by molar-refractivity contribution is 0.0602. The monoisotopic (exact) mass is 264 g/mol. The number of hydrogen-bond donors (Lipinski definition) is 1. The lowest BCUT2D eigenvalue weighted by Gasteiger charge is -2.38. The minimum absolute atomic E-state index is 0.345. The number of nitrogens with zero attached hydrogens (tertiary/aromatic N) is 3. The summed E-state index contributed by atoms with van der Waals surface area (Å²) in [5.41, 5.74) is 6.47. The van der Waals surface area contributed by atoms with Crippen LogP contribution < -0.4 is 10.6 Å². The minimum Gasteiger partial charge on any atom is -0.465 e. The molecule has 0 spiro atoms. The lowest BCUT2D eigenvalue weighted by atomic mass is 10.2. The molecule has 0 radical (unpaired) electrons. The maximum atomic E-state index is 11.6. The number of nitrogens with two attached hydrogens (primary N) is 1. The molecular formula is C13H20N4O2. The topological polar surface area (TPSA) is 71.7 Å². The normalized spacial score (nSPS) is 20.4. The van der Waals surface area contributed by atoms with Gasteiger partial charge in [0.25, 0.3) is 0 Å². The Balaban J connectivity index is 2.24. The van der Waals surface area contributed by atoms with E-state index in [0.717, 1.165) is 25.5 Å². The van der Waals surface area contributed by atoms with E-state index >= 15 is 0 Å². The minimum atomic E-state index is -0.427. The van der Waals surface area contributed by atoms with Gasteiger partial charge in [0.15, 0.2) is 0 Å². The van der Waals surface area contributed by atoms with Crippen LogP contribution >= 0.6 is 0 Å². The maximum absolute atomic E-state index is 11.6. The zero-order valence-corrected chi connectivity index (χ0v) is 11.6. The zero-order valence-electron chi connectivity index (χ0n) is 11.6. The van der Waals surface area contributed by atoms with E-state index in [0.29, 0.717) is 17.3 Å². The SMILES string of the molecule is COC(=O)c1cc(N2CCN(C)C(C)C2)ncc1N. The molecule has 19 heavy (non-hydrogen) atoms. The van der Waals surface area contributed by atoms with Gasteiger partial charge in [-0.2, -0.15) is 0 Å². The summed E-state index contributed by atoms with van der Waals surface area (Å²) in [6, 6.07) is 2.16. The second-order valence-electron chi connectivity index (χ2n) is 4.90. The van der Waals surface area contributed by atoms with Crippen molar-refractivity contribution in [1.82, 2.24) is 9.88 Å². The van der Waals surface area contributed by atoms with Gasteiger partial charge >= 0.3 is 5.97 Å². The number of methoxy groups -OCH3 is 1. The number of piperazine rings is 1. The van der Waals surface area contributed by atoms with Crippen LogP contribution in [-0.2, 0) is 4.74 Å². The smallest absolute Gasteiger partial charge is 0.340 e. The lowest BCUT2D eigenvalue weighted by Crippen LogP contribution is -2.50. The Bertz CT molecular complexity index is 478. The van der Waals surface area contributed by atoms with Gasteiger partial charge in [0, 0.05) is 25.7 Å². The molecule has 2 heterocycles. The fourth-order valence-corrected chi connectivity index (χ4v) is 2.17. The number of carbonyl (C=O) groups is 1. The predicted molar refractivity (Wildman–Crippen MR) is 74.3 cm³/mol. The van der Waals surface area contributed by atoms with E-state index < -0.39 is 5.97 Å². The quantitative estimate of drug-likeness (QED) is 0.788. The van der Waals surface area contributed by atoms with Gasteiger partial charge in [-0.25, -0.2) is 9.78 Å². The van der Waals surface area contributed by atoms with Crippen LogP contribution in [0.2, 0.25) is 0 Å². The molecule has 1 saturated heterocycles. The number of ether oxygens (including phenoxy) is 1. The number of pyridine rings is 1. The summed E-state index contributed by atoms with van der Waals surface area (Å²) < 4.78 is 4.72. The second kappa shape index (κ2) is 5.44. The molecule has 104 valence electrons.